The monoisotopic (exact) mass is 408 g/mol. The van der Waals surface area contributed by atoms with Crippen molar-refractivity contribution in [1.29, 1.82) is 0 Å². The molecular weight excluding hydrogens is 389 g/mol. The van der Waals surface area contributed by atoms with Crippen LogP contribution >= 0.6 is 0 Å². The van der Waals surface area contributed by atoms with Gasteiger partial charge in [-0.3, -0.25) is 0 Å². The van der Waals surface area contributed by atoms with Crippen LogP contribution in [-0.2, 0) is 6.18 Å². The number of ether oxygens (including phenoxy) is 2. The number of hydrogen-bond acceptors (Lipinski definition) is 7. The van der Waals surface area contributed by atoms with Gasteiger partial charge in [0.15, 0.2) is 5.69 Å². The van der Waals surface area contributed by atoms with Crippen LogP contribution in [0.25, 0.3) is 5.78 Å². The summed E-state index contributed by atoms with van der Waals surface area (Å²) in [5, 5.41) is 7.13. The van der Waals surface area contributed by atoms with Crippen LogP contribution in [0.1, 0.15) is 12.1 Å². The van der Waals surface area contributed by atoms with Crippen LogP contribution in [0.15, 0.2) is 30.6 Å². The minimum atomic E-state index is -4.57. The number of alkyl halides is 3. The van der Waals surface area contributed by atoms with Gasteiger partial charge in [0.25, 0.3) is 5.78 Å². The number of aromatic nitrogens is 4. The number of nitrogens with one attached hydrogen (secondary N) is 1. The number of hydrogen-bond donors (Lipinski definition) is 1. The Balaban J connectivity index is 1.56. The second-order valence-electron chi connectivity index (χ2n) is 6.64. The maximum absolute atomic E-state index is 13.2. The molecule has 1 atom stereocenters. The van der Waals surface area contributed by atoms with E-state index in [2.05, 4.69) is 25.3 Å². The molecule has 154 valence electrons. The van der Waals surface area contributed by atoms with Gasteiger partial charge in [-0.05, 0) is 6.42 Å². The van der Waals surface area contributed by atoms with Crippen LogP contribution in [0.4, 0.5) is 24.7 Å². The molecule has 0 spiro atoms. The number of halogens is 3. The summed E-state index contributed by atoms with van der Waals surface area (Å²) in [6.07, 6.45) is -2.65. The van der Waals surface area contributed by atoms with Crippen molar-refractivity contribution in [3.8, 4) is 11.5 Å². The molecule has 0 radical (unpaired) electrons. The Labute approximate surface area is 164 Å². The molecule has 11 heteroatoms. The smallest absolute Gasteiger partial charge is 0.433 e. The molecule has 8 nitrogen and oxygen atoms in total. The van der Waals surface area contributed by atoms with E-state index in [0.717, 1.165) is 24.7 Å². The van der Waals surface area contributed by atoms with Crippen LogP contribution in [0.3, 0.4) is 0 Å². The summed E-state index contributed by atoms with van der Waals surface area (Å²) >= 11 is 0. The van der Waals surface area contributed by atoms with E-state index in [1.807, 2.05) is 12.1 Å². The molecule has 1 aliphatic rings. The molecule has 0 bridgehead atoms. The van der Waals surface area contributed by atoms with Gasteiger partial charge in [0.05, 0.1) is 14.2 Å². The van der Waals surface area contributed by atoms with Gasteiger partial charge in [-0.1, -0.05) is 0 Å². The van der Waals surface area contributed by atoms with E-state index in [9.17, 15) is 13.2 Å². The van der Waals surface area contributed by atoms with E-state index >= 15 is 0 Å². The van der Waals surface area contributed by atoms with Crippen molar-refractivity contribution in [1.82, 2.24) is 19.6 Å². The van der Waals surface area contributed by atoms with Gasteiger partial charge in [0, 0.05) is 49.1 Å². The van der Waals surface area contributed by atoms with Crippen molar-refractivity contribution < 1.29 is 22.6 Å². The topological polar surface area (TPSA) is 76.8 Å². The highest BCUT2D eigenvalue weighted by atomic mass is 19.4. The average molecular weight is 408 g/mol. The summed E-state index contributed by atoms with van der Waals surface area (Å²) in [7, 11) is 3.16. The maximum atomic E-state index is 13.2. The van der Waals surface area contributed by atoms with E-state index in [1.165, 1.54) is 10.8 Å². The molecular formula is C18H19F3N6O2. The fourth-order valence-corrected chi connectivity index (χ4v) is 3.36. The number of methoxy groups -OCH3 is 2. The molecule has 1 unspecified atom stereocenters. The van der Waals surface area contributed by atoms with Crippen LogP contribution in [-0.4, -0.2) is 52.9 Å². The Bertz CT molecular complexity index is 1000. The fourth-order valence-electron chi connectivity index (χ4n) is 3.36. The summed E-state index contributed by atoms with van der Waals surface area (Å²) in [5.41, 5.74) is -0.0880. The summed E-state index contributed by atoms with van der Waals surface area (Å²) < 4.78 is 51.4. The molecule has 1 N–H and O–H groups in total. The molecule has 4 rings (SSSR count). The van der Waals surface area contributed by atoms with Gasteiger partial charge in [-0.2, -0.15) is 27.8 Å². The second-order valence-corrected chi connectivity index (χ2v) is 6.64. The zero-order valence-corrected chi connectivity index (χ0v) is 15.8. The van der Waals surface area contributed by atoms with Crippen molar-refractivity contribution in [3.05, 3.63) is 36.3 Å². The highest BCUT2D eigenvalue weighted by Gasteiger charge is 2.34. The molecule has 0 saturated carbocycles. The third-order valence-corrected chi connectivity index (χ3v) is 4.78. The van der Waals surface area contributed by atoms with Crippen molar-refractivity contribution >= 4 is 17.3 Å². The van der Waals surface area contributed by atoms with Gasteiger partial charge < -0.3 is 19.7 Å². The van der Waals surface area contributed by atoms with Crippen molar-refractivity contribution in [2.24, 2.45) is 0 Å². The first-order chi connectivity index (χ1) is 13.9. The van der Waals surface area contributed by atoms with Gasteiger partial charge in [-0.15, -0.1) is 0 Å². The third kappa shape index (κ3) is 3.84. The van der Waals surface area contributed by atoms with E-state index in [0.29, 0.717) is 18.0 Å². The standard InChI is InChI=1S/C18H19F3N6O2/c1-28-13-5-12(6-14(7-13)29-2)26-4-3-11(9-26)24-16-8-15(18(19,20)21)25-17-22-10-23-27(16)17/h5-8,10-11,24H,3-4,9H2,1-2H3. The minimum Gasteiger partial charge on any atom is -0.497 e. The van der Waals surface area contributed by atoms with Gasteiger partial charge in [0.2, 0.25) is 0 Å². The van der Waals surface area contributed by atoms with Gasteiger partial charge >= 0.3 is 6.18 Å². The van der Waals surface area contributed by atoms with Crippen LogP contribution < -0.4 is 19.7 Å². The Morgan fingerprint density at radius 2 is 1.83 bits per heavy atom. The Hall–Kier alpha value is -3.24. The zero-order valence-electron chi connectivity index (χ0n) is 15.8. The molecule has 29 heavy (non-hydrogen) atoms. The van der Waals surface area contributed by atoms with Gasteiger partial charge in [0.1, 0.15) is 23.6 Å². The molecule has 3 heterocycles. The Morgan fingerprint density at radius 3 is 2.48 bits per heavy atom. The molecule has 0 aliphatic carbocycles. The van der Waals surface area contributed by atoms with E-state index in [1.54, 1.807) is 20.3 Å². The predicted octanol–water partition coefficient (Wildman–Crippen LogP) is 2.85. The maximum Gasteiger partial charge on any atom is 0.433 e. The van der Waals surface area contributed by atoms with Crippen LogP contribution in [0.2, 0.25) is 0 Å². The second kappa shape index (κ2) is 7.30. The number of rotatable bonds is 5. The number of benzene rings is 1. The van der Waals surface area contributed by atoms with E-state index in [-0.39, 0.29) is 17.6 Å². The lowest BCUT2D eigenvalue weighted by Crippen LogP contribution is -2.27. The normalized spacial score (nSPS) is 17.0. The summed E-state index contributed by atoms with van der Waals surface area (Å²) in [4.78, 5) is 9.44. The Morgan fingerprint density at radius 1 is 1.10 bits per heavy atom. The highest BCUT2D eigenvalue weighted by molar-refractivity contribution is 5.57. The lowest BCUT2D eigenvalue weighted by atomic mass is 10.2. The summed E-state index contributed by atoms with van der Waals surface area (Å²) in [6.45, 7) is 1.32. The van der Waals surface area contributed by atoms with Crippen LogP contribution in [0, 0.1) is 0 Å². The molecule has 1 aromatic carbocycles. The number of fused-ring (bicyclic) bond motifs is 1. The largest absolute Gasteiger partial charge is 0.497 e. The van der Waals surface area contributed by atoms with E-state index < -0.39 is 11.9 Å². The zero-order chi connectivity index (χ0) is 20.6. The number of nitrogens with zero attached hydrogens (tertiary/aromatic N) is 5. The predicted molar refractivity (Wildman–Crippen MR) is 99.6 cm³/mol. The molecule has 1 saturated heterocycles. The molecule has 1 aliphatic heterocycles. The van der Waals surface area contributed by atoms with E-state index in [4.69, 9.17) is 9.47 Å². The lowest BCUT2D eigenvalue weighted by molar-refractivity contribution is -0.141. The number of anilines is 2. The molecule has 1 fully saturated rings. The van der Waals surface area contributed by atoms with Crippen molar-refractivity contribution in [2.45, 2.75) is 18.6 Å². The molecule has 0 amide bonds. The molecule has 2 aromatic heterocycles. The van der Waals surface area contributed by atoms with Crippen molar-refractivity contribution in [2.75, 3.05) is 37.5 Å². The first kappa shape index (κ1) is 19.1. The molecule has 3 aromatic rings. The summed E-state index contributed by atoms with van der Waals surface area (Å²) in [6, 6.07) is 6.46. The fraction of sp³-hybridized carbons (Fsp3) is 0.389. The Kier molecular flexibility index (Phi) is 4.81. The van der Waals surface area contributed by atoms with Gasteiger partial charge in [-0.25, -0.2) is 4.98 Å². The van der Waals surface area contributed by atoms with Crippen LogP contribution in [0.5, 0.6) is 11.5 Å². The first-order valence-electron chi connectivity index (χ1n) is 8.90. The highest BCUT2D eigenvalue weighted by Crippen LogP contribution is 2.32. The first-order valence-corrected chi connectivity index (χ1v) is 8.90. The quantitative estimate of drug-likeness (QED) is 0.696. The summed E-state index contributed by atoms with van der Waals surface area (Å²) in [5.74, 6) is 1.44. The lowest BCUT2D eigenvalue weighted by Gasteiger charge is -2.21. The average Bonchev–Trinajstić information content (AvgIpc) is 3.36. The SMILES string of the molecule is COc1cc(OC)cc(N2CCC(Nc3cc(C(F)(F)F)nc4ncnn34)C2)c1. The van der Waals surface area contributed by atoms with Crippen molar-refractivity contribution in [3.63, 3.8) is 0 Å². The minimum absolute atomic E-state index is 0.0805. The third-order valence-electron chi connectivity index (χ3n) is 4.78.